The van der Waals surface area contributed by atoms with E-state index in [9.17, 15) is 4.79 Å². The Morgan fingerprint density at radius 1 is 1.64 bits per heavy atom. The van der Waals surface area contributed by atoms with Crippen molar-refractivity contribution in [3.63, 3.8) is 0 Å². The lowest BCUT2D eigenvalue weighted by Crippen LogP contribution is -1.89. The summed E-state index contributed by atoms with van der Waals surface area (Å²) in [4.78, 5) is 10.1. The molecule has 0 radical (unpaired) electrons. The molecule has 0 aromatic rings. The van der Waals surface area contributed by atoms with Crippen molar-refractivity contribution in [3.05, 3.63) is 24.3 Å². The minimum atomic E-state index is 0.367. The predicted octanol–water partition coefficient (Wildman–Crippen LogP) is 2.73. The lowest BCUT2D eigenvalue weighted by atomic mass is 10.1. The smallest absolute Gasteiger partial charge is 0.120 e. The summed E-state index contributed by atoms with van der Waals surface area (Å²) in [6, 6.07) is 0. The van der Waals surface area contributed by atoms with Gasteiger partial charge in [0.1, 0.15) is 6.29 Å². The van der Waals surface area contributed by atoms with Crippen molar-refractivity contribution >= 4 is 6.29 Å². The Labute approximate surface area is 68.8 Å². The molecule has 1 unspecified atom stereocenters. The van der Waals surface area contributed by atoms with Crippen LogP contribution in [0.5, 0.6) is 0 Å². The fourth-order valence-electron chi connectivity index (χ4n) is 0.732. The van der Waals surface area contributed by atoms with E-state index in [1.54, 1.807) is 0 Å². The summed E-state index contributed by atoms with van der Waals surface area (Å²) in [5, 5.41) is 0. The fraction of sp³-hybridized carbons (Fsp3) is 0.500. The average Bonchev–Trinajstić information content (AvgIpc) is 1.87. The van der Waals surface area contributed by atoms with Crippen molar-refractivity contribution in [2.24, 2.45) is 5.92 Å². The molecule has 0 aliphatic rings. The summed E-state index contributed by atoms with van der Waals surface area (Å²) in [6.07, 6.45) is 6.62. The van der Waals surface area contributed by atoms with Crippen LogP contribution in [0.1, 0.15) is 26.7 Å². The van der Waals surface area contributed by atoms with Gasteiger partial charge >= 0.3 is 0 Å². The average molecular weight is 152 g/mol. The molecule has 0 aliphatic carbocycles. The van der Waals surface area contributed by atoms with E-state index in [-0.39, 0.29) is 0 Å². The van der Waals surface area contributed by atoms with Gasteiger partial charge < -0.3 is 4.79 Å². The van der Waals surface area contributed by atoms with Gasteiger partial charge in [-0.1, -0.05) is 31.2 Å². The summed E-state index contributed by atoms with van der Waals surface area (Å²) in [6.45, 7) is 7.80. The molecular weight excluding hydrogens is 136 g/mol. The summed E-state index contributed by atoms with van der Waals surface area (Å²) in [5.41, 5.74) is 1.15. The fourth-order valence-corrected chi connectivity index (χ4v) is 0.732. The summed E-state index contributed by atoms with van der Waals surface area (Å²) in [7, 11) is 0. The first-order valence-electron chi connectivity index (χ1n) is 3.91. The minimum Gasteiger partial charge on any atom is -0.303 e. The van der Waals surface area contributed by atoms with Crippen molar-refractivity contribution in [1.82, 2.24) is 0 Å². The molecule has 0 bridgehead atoms. The van der Waals surface area contributed by atoms with Gasteiger partial charge in [-0.25, -0.2) is 0 Å². The van der Waals surface area contributed by atoms with Gasteiger partial charge in [-0.15, -0.1) is 0 Å². The number of rotatable bonds is 5. The van der Waals surface area contributed by atoms with Crippen molar-refractivity contribution in [2.75, 3.05) is 0 Å². The zero-order valence-electron chi connectivity index (χ0n) is 7.34. The maximum atomic E-state index is 10.1. The van der Waals surface area contributed by atoms with E-state index >= 15 is 0 Å². The molecule has 0 aliphatic heterocycles. The normalized spacial score (nSPS) is 13.3. The highest BCUT2D eigenvalue weighted by Crippen LogP contribution is 2.04. The van der Waals surface area contributed by atoms with Crippen molar-refractivity contribution in [2.45, 2.75) is 26.7 Å². The molecule has 0 N–H and O–H groups in total. The first kappa shape index (κ1) is 10.2. The summed E-state index contributed by atoms with van der Waals surface area (Å²) < 4.78 is 0. The number of aldehydes is 1. The number of carbonyl (C=O) groups excluding carboxylic acids is 1. The van der Waals surface area contributed by atoms with Crippen molar-refractivity contribution in [3.8, 4) is 0 Å². The Morgan fingerprint density at radius 3 is 2.73 bits per heavy atom. The van der Waals surface area contributed by atoms with Crippen LogP contribution in [0.4, 0.5) is 0 Å². The standard InChI is InChI=1S/C10H16O/c1-9(2)5-4-6-10(3)7-8-11/h4,6,8,10H,1,5,7H2,2-3H3. The molecule has 62 valence electrons. The molecule has 0 heterocycles. The molecule has 0 rings (SSSR count). The number of carbonyl (C=O) groups is 1. The zero-order chi connectivity index (χ0) is 8.69. The van der Waals surface area contributed by atoms with Crippen LogP contribution in [0.15, 0.2) is 24.3 Å². The number of allylic oxidation sites excluding steroid dienone is 3. The van der Waals surface area contributed by atoms with Crippen LogP contribution in [0.25, 0.3) is 0 Å². The zero-order valence-corrected chi connectivity index (χ0v) is 7.34. The van der Waals surface area contributed by atoms with Gasteiger partial charge in [0.15, 0.2) is 0 Å². The molecule has 1 nitrogen and oxygen atoms in total. The van der Waals surface area contributed by atoms with E-state index in [0.717, 1.165) is 18.3 Å². The quantitative estimate of drug-likeness (QED) is 0.437. The van der Waals surface area contributed by atoms with Crippen LogP contribution >= 0.6 is 0 Å². The highest BCUT2D eigenvalue weighted by Gasteiger charge is 1.92. The van der Waals surface area contributed by atoms with Crippen LogP contribution in [0.2, 0.25) is 0 Å². The van der Waals surface area contributed by atoms with E-state index in [1.807, 2.05) is 13.8 Å². The molecule has 0 aromatic heterocycles. The Morgan fingerprint density at radius 2 is 2.27 bits per heavy atom. The van der Waals surface area contributed by atoms with Gasteiger partial charge in [-0.3, -0.25) is 0 Å². The molecule has 0 spiro atoms. The molecular formula is C10H16O. The van der Waals surface area contributed by atoms with Gasteiger partial charge in [0.2, 0.25) is 0 Å². The van der Waals surface area contributed by atoms with Crippen molar-refractivity contribution < 1.29 is 4.79 Å². The maximum Gasteiger partial charge on any atom is 0.120 e. The van der Waals surface area contributed by atoms with E-state index in [1.165, 1.54) is 0 Å². The Kier molecular flexibility index (Phi) is 5.44. The van der Waals surface area contributed by atoms with Crippen LogP contribution in [-0.4, -0.2) is 6.29 Å². The van der Waals surface area contributed by atoms with E-state index in [4.69, 9.17) is 0 Å². The maximum absolute atomic E-state index is 10.1. The molecule has 11 heavy (non-hydrogen) atoms. The second-order valence-corrected chi connectivity index (χ2v) is 2.97. The lowest BCUT2D eigenvalue weighted by Gasteiger charge is -1.97. The van der Waals surface area contributed by atoms with Gasteiger partial charge in [-0.05, 0) is 19.3 Å². The minimum absolute atomic E-state index is 0.367. The van der Waals surface area contributed by atoms with Crippen LogP contribution in [0, 0.1) is 5.92 Å². The van der Waals surface area contributed by atoms with Gasteiger partial charge in [-0.2, -0.15) is 0 Å². The molecule has 0 saturated heterocycles. The van der Waals surface area contributed by atoms with E-state index in [0.29, 0.717) is 12.3 Å². The topological polar surface area (TPSA) is 17.1 Å². The second-order valence-electron chi connectivity index (χ2n) is 2.97. The Bertz CT molecular complexity index is 156. The monoisotopic (exact) mass is 152 g/mol. The molecule has 0 aromatic carbocycles. The predicted molar refractivity (Wildman–Crippen MR) is 48.4 cm³/mol. The Hall–Kier alpha value is -0.850. The highest BCUT2D eigenvalue weighted by molar-refractivity contribution is 5.50. The first-order chi connectivity index (χ1) is 5.16. The lowest BCUT2D eigenvalue weighted by molar-refractivity contribution is -0.108. The third kappa shape index (κ3) is 7.04. The highest BCUT2D eigenvalue weighted by atomic mass is 16.1. The Balaban J connectivity index is 3.55. The number of hydrogen-bond donors (Lipinski definition) is 0. The first-order valence-corrected chi connectivity index (χ1v) is 3.91. The molecule has 1 atom stereocenters. The van der Waals surface area contributed by atoms with Crippen LogP contribution < -0.4 is 0 Å². The second kappa shape index (κ2) is 5.90. The summed E-state index contributed by atoms with van der Waals surface area (Å²) >= 11 is 0. The molecule has 0 amide bonds. The van der Waals surface area contributed by atoms with Crippen molar-refractivity contribution in [1.29, 1.82) is 0 Å². The van der Waals surface area contributed by atoms with Gasteiger partial charge in [0.05, 0.1) is 0 Å². The van der Waals surface area contributed by atoms with Gasteiger partial charge in [0, 0.05) is 6.42 Å². The van der Waals surface area contributed by atoms with Crippen LogP contribution in [-0.2, 0) is 4.79 Å². The van der Waals surface area contributed by atoms with E-state index < -0.39 is 0 Å². The SMILES string of the molecule is C=C(C)CC=CC(C)CC=O. The van der Waals surface area contributed by atoms with E-state index in [2.05, 4.69) is 18.7 Å². The largest absolute Gasteiger partial charge is 0.303 e. The summed E-state index contributed by atoms with van der Waals surface area (Å²) in [5.74, 6) is 0.367. The molecule has 1 heteroatoms. The number of hydrogen-bond acceptors (Lipinski definition) is 1. The van der Waals surface area contributed by atoms with Gasteiger partial charge in [0.25, 0.3) is 0 Å². The molecule has 0 saturated carbocycles. The van der Waals surface area contributed by atoms with Crippen LogP contribution in [0.3, 0.4) is 0 Å². The third-order valence-electron chi connectivity index (χ3n) is 1.40. The third-order valence-corrected chi connectivity index (χ3v) is 1.40. The molecule has 0 fully saturated rings.